The summed E-state index contributed by atoms with van der Waals surface area (Å²) >= 11 is 0. The SMILES string of the molecule is O=C(NCCn1ccnc1)N1CCO[C@H](c2ccc(F)cc2)C1. The summed E-state index contributed by atoms with van der Waals surface area (Å²) in [5.74, 6) is -0.279. The van der Waals surface area contributed by atoms with E-state index in [1.54, 1.807) is 29.6 Å². The molecule has 1 aliphatic rings. The molecule has 1 aromatic carbocycles. The van der Waals surface area contributed by atoms with E-state index in [0.717, 1.165) is 5.56 Å². The van der Waals surface area contributed by atoms with Gasteiger partial charge in [0.05, 0.1) is 19.5 Å². The van der Waals surface area contributed by atoms with E-state index in [2.05, 4.69) is 10.3 Å². The van der Waals surface area contributed by atoms with Gasteiger partial charge in [-0.05, 0) is 17.7 Å². The van der Waals surface area contributed by atoms with Crippen molar-refractivity contribution < 1.29 is 13.9 Å². The third kappa shape index (κ3) is 4.07. The third-order valence-corrected chi connectivity index (χ3v) is 3.80. The Balaban J connectivity index is 1.51. The number of imidazole rings is 1. The Bertz CT molecular complexity index is 630. The van der Waals surface area contributed by atoms with Gasteiger partial charge in [0.25, 0.3) is 0 Å². The normalized spacial score (nSPS) is 18.0. The molecule has 23 heavy (non-hydrogen) atoms. The molecule has 0 spiro atoms. The predicted octanol–water partition coefficient (Wildman–Crippen LogP) is 1.81. The maximum Gasteiger partial charge on any atom is 0.317 e. The molecule has 0 radical (unpaired) electrons. The molecule has 6 nitrogen and oxygen atoms in total. The van der Waals surface area contributed by atoms with Crippen molar-refractivity contribution >= 4 is 6.03 Å². The van der Waals surface area contributed by atoms with Gasteiger partial charge in [-0.2, -0.15) is 0 Å². The minimum Gasteiger partial charge on any atom is -0.370 e. The van der Waals surface area contributed by atoms with Crippen molar-refractivity contribution in [2.24, 2.45) is 0 Å². The minimum absolute atomic E-state index is 0.111. The Hall–Kier alpha value is -2.41. The Kier molecular flexibility index (Phi) is 4.87. The van der Waals surface area contributed by atoms with Crippen LogP contribution in [0.15, 0.2) is 43.0 Å². The summed E-state index contributed by atoms with van der Waals surface area (Å²) in [7, 11) is 0. The van der Waals surface area contributed by atoms with Crippen LogP contribution in [-0.4, -0.2) is 46.7 Å². The first-order valence-electron chi connectivity index (χ1n) is 7.58. The molecule has 1 saturated heterocycles. The first-order valence-corrected chi connectivity index (χ1v) is 7.58. The minimum atomic E-state index is -0.279. The molecule has 1 aromatic heterocycles. The number of halogens is 1. The molecular formula is C16H19FN4O2. The Morgan fingerprint density at radius 1 is 1.39 bits per heavy atom. The Labute approximate surface area is 133 Å². The topological polar surface area (TPSA) is 59.4 Å². The summed E-state index contributed by atoms with van der Waals surface area (Å²) in [5.41, 5.74) is 0.877. The van der Waals surface area contributed by atoms with Crippen LogP contribution in [0.2, 0.25) is 0 Å². The zero-order valence-corrected chi connectivity index (χ0v) is 12.7. The second kappa shape index (κ2) is 7.23. The van der Waals surface area contributed by atoms with Crippen LogP contribution in [0.4, 0.5) is 9.18 Å². The van der Waals surface area contributed by atoms with E-state index in [1.807, 2.05) is 10.8 Å². The number of ether oxygens (including phenoxy) is 1. The predicted molar refractivity (Wildman–Crippen MR) is 82.3 cm³/mol. The van der Waals surface area contributed by atoms with Gasteiger partial charge in [0, 0.05) is 32.0 Å². The van der Waals surface area contributed by atoms with Crippen molar-refractivity contribution in [1.29, 1.82) is 0 Å². The molecule has 0 bridgehead atoms. The van der Waals surface area contributed by atoms with Crippen molar-refractivity contribution in [3.8, 4) is 0 Å². The molecule has 1 fully saturated rings. The van der Waals surface area contributed by atoms with Gasteiger partial charge in [0.1, 0.15) is 11.9 Å². The first kappa shape index (κ1) is 15.5. The molecular weight excluding hydrogens is 299 g/mol. The smallest absolute Gasteiger partial charge is 0.317 e. The number of carbonyl (C=O) groups is 1. The van der Waals surface area contributed by atoms with Crippen LogP contribution < -0.4 is 5.32 Å². The highest BCUT2D eigenvalue weighted by atomic mass is 19.1. The number of benzene rings is 1. The molecule has 7 heteroatoms. The van der Waals surface area contributed by atoms with Gasteiger partial charge in [0.2, 0.25) is 0 Å². The molecule has 2 heterocycles. The molecule has 3 rings (SSSR count). The van der Waals surface area contributed by atoms with E-state index in [4.69, 9.17) is 4.74 Å². The number of urea groups is 1. The van der Waals surface area contributed by atoms with Gasteiger partial charge in [-0.25, -0.2) is 14.2 Å². The number of hydrogen-bond donors (Lipinski definition) is 1. The van der Waals surface area contributed by atoms with Gasteiger partial charge in [-0.3, -0.25) is 0 Å². The van der Waals surface area contributed by atoms with Crippen molar-refractivity contribution in [3.05, 3.63) is 54.4 Å². The lowest BCUT2D eigenvalue weighted by molar-refractivity contribution is -0.0154. The molecule has 0 aliphatic carbocycles. The highest BCUT2D eigenvalue weighted by molar-refractivity contribution is 5.74. The summed E-state index contributed by atoms with van der Waals surface area (Å²) in [5, 5.41) is 2.89. The van der Waals surface area contributed by atoms with Crippen molar-refractivity contribution in [1.82, 2.24) is 19.8 Å². The van der Waals surface area contributed by atoms with E-state index in [-0.39, 0.29) is 18.0 Å². The van der Waals surface area contributed by atoms with Crippen molar-refractivity contribution in [2.45, 2.75) is 12.6 Å². The molecule has 1 N–H and O–H groups in total. The molecule has 2 amide bonds. The van der Waals surface area contributed by atoms with E-state index in [1.165, 1.54) is 12.1 Å². The molecule has 1 aliphatic heterocycles. The molecule has 1 atom stereocenters. The van der Waals surface area contributed by atoms with Gasteiger partial charge in [0.15, 0.2) is 0 Å². The molecule has 122 valence electrons. The maximum atomic E-state index is 13.0. The Morgan fingerprint density at radius 3 is 2.96 bits per heavy atom. The number of nitrogens with zero attached hydrogens (tertiary/aromatic N) is 3. The van der Waals surface area contributed by atoms with Crippen LogP contribution in [-0.2, 0) is 11.3 Å². The van der Waals surface area contributed by atoms with Crippen LogP contribution in [0, 0.1) is 5.82 Å². The molecule has 0 saturated carbocycles. The van der Waals surface area contributed by atoms with E-state index >= 15 is 0 Å². The van der Waals surface area contributed by atoms with E-state index in [9.17, 15) is 9.18 Å². The zero-order valence-electron chi connectivity index (χ0n) is 12.7. The summed E-state index contributed by atoms with van der Waals surface area (Å²) in [6.07, 6.45) is 5.05. The highest BCUT2D eigenvalue weighted by Gasteiger charge is 2.25. The number of rotatable bonds is 4. The summed E-state index contributed by atoms with van der Waals surface area (Å²) in [4.78, 5) is 17.9. The van der Waals surface area contributed by atoms with Gasteiger partial charge >= 0.3 is 6.03 Å². The first-order chi connectivity index (χ1) is 11.2. The van der Waals surface area contributed by atoms with Crippen LogP contribution >= 0.6 is 0 Å². The van der Waals surface area contributed by atoms with E-state index in [0.29, 0.717) is 32.8 Å². The number of carbonyl (C=O) groups excluding carboxylic acids is 1. The number of nitrogens with one attached hydrogen (secondary N) is 1. The second-order valence-corrected chi connectivity index (χ2v) is 5.39. The summed E-state index contributed by atoms with van der Waals surface area (Å²) in [6, 6.07) is 6.09. The number of hydrogen-bond acceptors (Lipinski definition) is 3. The lowest BCUT2D eigenvalue weighted by atomic mass is 10.1. The molecule has 0 unspecified atom stereocenters. The number of morpholine rings is 1. The zero-order chi connectivity index (χ0) is 16.1. The fourth-order valence-electron chi connectivity index (χ4n) is 2.54. The largest absolute Gasteiger partial charge is 0.370 e. The average molecular weight is 318 g/mol. The fourth-order valence-corrected chi connectivity index (χ4v) is 2.54. The average Bonchev–Trinajstić information content (AvgIpc) is 3.09. The van der Waals surface area contributed by atoms with Crippen LogP contribution in [0.5, 0.6) is 0 Å². The quantitative estimate of drug-likeness (QED) is 0.935. The summed E-state index contributed by atoms with van der Waals surface area (Å²) in [6.45, 7) is 2.69. The van der Waals surface area contributed by atoms with Crippen LogP contribution in [0.25, 0.3) is 0 Å². The van der Waals surface area contributed by atoms with Crippen molar-refractivity contribution in [2.75, 3.05) is 26.2 Å². The Morgan fingerprint density at radius 2 is 2.22 bits per heavy atom. The van der Waals surface area contributed by atoms with E-state index < -0.39 is 0 Å². The number of aromatic nitrogens is 2. The maximum absolute atomic E-state index is 13.0. The number of amides is 2. The monoisotopic (exact) mass is 318 g/mol. The van der Waals surface area contributed by atoms with Gasteiger partial charge in [-0.1, -0.05) is 12.1 Å². The highest BCUT2D eigenvalue weighted by Crippen LogP contribution is 2.22. The molecule has 2 aromatic rings. The lowest BCUT2D eigenvalue weighted by Crippen LogP contribution is -2.47. The van der Waals surface area contributed by atoms with Gasteiger partial charge in [-0.15, -0.1) is 0 Å². The lowest BCUT2D eigenvalue weighted by Gasteiger charge is -2.33. The van der Waals surface area contributed by atoms with Crippen molar-refractivity contribution in [3.63, 3.8) is 0 Å². The second-order valence-electron chi connectivity index (χ2n) is 5.39. The summed E-state index contributed by atoms with van der Waals surface area (Å²) < 4.78 is 20.6. The standard InChI is InChI=1S/C16H19FN4O2/c17-14-3-1-13(2-4-14)15-11-21(9-10-23-15)16(22)19-6-8-20-7-5-18-12-20/h1-5,7,12,15H,6,8-11H2,(H,19,22)/t15-/m0/s1. The third-order valence-electron chi connectivity index (χ3n) is 3.80. The van der Waals surface area contributed by atoms with Gasteiger partial charge < -0.3 is 19.5 Å². The van der Waals surface area contributed by atoms with Crippen LogP contribution in [0.3, 0.4) is 0 Å². The van der Waals surface area contributed by atoms with Crippen LogP contribution in [0.1, 0.15) is 11.7 Å². The fraction of sp³-hybridized carbons (Fsp3) is 0.375.